The van der Waals surface area contributed by atoms with Crippen LogP contribution in [-0.4, -0.2) is 15.3 Å². The molecule has 2 fully saturated rings. The van der Waals surface area contributed by atoms with Gasteiger partial charge in [0.1, 0.15) is 28.6 Å². The third-order valence-corrected chi connectivity index (χ3v) is 9.15. The Kier molecular flexibility index (Phi) is 4.64. The van der Waals surface area contributed by atoms with Gasteiger partial charge in [-0.3, -0.25) is 0 Å². The monoisotopic (exact) mass is 536 g/mol. The van der Waals surface area contributed by atoms with Crippen molar-refractivity contribution in [1.82, 2.24) is 0 Å². The Balaban J connectivity index is 1.83. The number of hydrogen-bond acceptors (Lipinski definition) is 4. The Hall–Kier alpha value is -1.40. The van der Waals surface area contributed by atoms with Gasteiger partial charge in [-0.05, 0) is 89.9 Å². The Labute approximate surface area is 193 Å². The number of aromatic hydroxyl groups is 3. The first-order chi connectivity index (χ1) is 14.2. The Morgan fingerprint density at radius 3 is 2.10 bits per heavy atom. The molecule has 0 amide bonds. The molecule has 2 aromatic carbocycles. The molecule has 1 heterocycles. The van der Waals surface area contributed by atoms with E-state index in [0.717, 1.165) is 49.0 Å². The molecule has 1 aliphatic heterocycles. The maximum absolute atomic E-state index is 11.1. The van der Waals surface area contributed by atoms with E-state index in [2.05, 4.69) is 37.9 Å². The number of benzene rings is 2. The minimum absolute atomic E-state index is 0.0320. The molecule has 2 aliphatic carbocycles. The summed E-state index contributed by atoms with van der Waals surface area (Å²) >= 11 is 7.02. The van der Waals surface area contributed by atoms with E-state index in [4.69, 9.17) is 4.74 Å². The molecule has 2 unspecified atom stereocenters. The van der Waals surface area contributed by atoms with E-state index in [1.165, 1.54) is 18.4 Å². The molecule has 1 spiro atoms. The van der Waals surface area contributed by atoms with Crippen LogP contribution in [0.4, 0.5) is 0 Å². The fourth-order valence-corrected chi connectivity index (χ4v) is 7.57. The standard InChI is InChI=1S/C24H26Br2O4/c1-12-19(27)14(10-16(25)20(12)28)24-9-5-6-18(24)23(7-3-4-8-23)15-11-17(26)21(29)13(2)22(15)30-24/h10-11,18,27-29H,3-9H2,1-2H3. The largest absolute Gasteiger partial charge is 0.507 e. The zero-order chi connectivity index (χ0) is 21.4. The average molecular weight is 538 g/mol. The van der Waals surface area contributed by atoms with Crippen LogP contribution in [0.25, 0.3) is 0 Å². The number of ether oxygens (including phenoxy) is 1. The first-order valence-electron chi connectivity index (χ1n) is 10.7. The van der Waals surface area contributed by atoms with Gasteiger partial charge in [-0.2, -0.15) is 0 Å². The molecule has 3 N–H and O–H groups in total. The minimum atomic E-state index is -0.673. The average Bonchev–Trinajstić information content (AvgIpc) is 3.38. The highest BCUT2D eigenvalue weighted by atomic mass is 79.9. The smallest absolute Gasteiger partial charge is 0.141 e. The number of halogens is 2. The maximum Gasteiger partial charge on any atom is 0.141 e. The molecule has 0 bridgehead atoms. The summed E-state index contributed by atoms with van der Waals surface area (Å²) in [5, 5.41) is 32.1. The summed E-state index contributed by atoms with van der Waals surface area (Å²) < 4.78 is 8.15. The molecule has 6 heteroatoms. The SMILES string of the molecule is Cc1c(O)c(Br)cc(C23CCCC2C2(CCCC2)c2cc(Br)c(O)c(C)c2O3)c1O. The number of fused-ring (bicyclic) bond motifs is 4. The summed E-state index contributed by atoms with van der Waals surface area (Å²) in [6.07, 6.45) is 7.38. The summed E-state index contributed by atoms with van der Waals surface area (Å²) in [7, 11) is 0. The van der Waals surface area contributed by atoms with Crippen molar-refractivity contribution in [3.8, 4) is 23.0 Å². The number of rotatable bonds is 1. The molecule has 160 valence electrons. The molecule has 2 saturated carbocycles. The highest BCUT2D eigenvalue weighted by molar-refractivity contribution is 9.10. The van der Waals surface area contributed by atoms with Crippen LogP contribution in [0.1, 0.15) is 67.2 Å². The first kappa shape index (κ1) is 20.5. The normalized spacial score (nSPS) is 26.5. The fourth-order valence-electron chi connectivity index (χ4n) is 6.52. The van der Waals surface area contributed by atoms with Gasteiger partial charge in [-0.1, -0.05) is 12.8 Å². The molecular formula is C24H26Br2O4. The Morgan fingerprint density at radius 2 is 1.43 bits per heavy atom. The van der Waals surface area contributed by atoms with Gasteiger partial charge in [-0.15, -0.1) is 0 Å². The number of hydrogen-bond donors (Lipinski definition) is 3. The number of phenols is 3. The van der Waals surface area contributed by atoms with Gasteiger partial charge in [0.25, 0.3) is 0 Å². The van der Waals surface area contributed by atoms with Crippen molar-refractivity contribution >= 4 is 31.9 Å². The van der Waals surface area contributed by atoms with Crippen LogP contribution in [-0.2, 0) is 11.0 Å². The van der Waals surface area contributed by atoms with E-state index >= 15 is 0 Å². The predicted octanol–water partition coefficient (Wildman–Crippen LogP) is 6.85. The molecule has 2 aromatic rings. The molecular weight excluding hydrogens is 512 g/mol. The third kappa shape index (κ3) is 2.49. The summed E-state index contributed by atoms with van der Waals surface area (Å²) in [4.78, 5) is 0. The van der Waals surface area contributed by atoms with Crippen molar-refractivity contribution in [2.24, 2.45) is 5.92 Å². The zero-order valence-corrected chi connectivity index (χ0v) is 20.4. The first-order valence-corrected chi connectivity index (χ1v) is 12.2. The van der Waals surface area contributed by atoms with E-state index in [1.807, 2.05) is 13.0 Å². The lowest BCUT2D eigenvalue weighted by atomic mass is 9.60. The van der Waals surface area contributed by atoms with E-state index < -0.39 is 5.60 Å². The van der Waals surface area contributed by atoms with Crippen LogP contribution in [0, 0.1) is 19.8 Å². The number of phenolic OH excluding ortho intramolecular Hbond substituents is 3. The summed E-state index contributed by atoms with van der Waals surface area (Å²) in [6.45, 7) is 3.64. The van der Waals surface area contributed by atoms with Gasteiger partial charge < -0.3 is 20.1 Å². The van der Waals surface area contributed by atoms with Gasteiger partial charge in [-0.25, -0.2) is 0 Å². The molecule has 3 aliphatic rings. The Morgan fingerprint density at radius 1 is 0.833 bits per heavy atom. The molecule has 0 aromatic heterocycles. The fraction of sp³-hybridized carbons (Fsp3) is 0.500. The van der Waals surface area contributed by atoms with Crippen molar-refractivity contribution in [2.45, 2.75) is 69.8 Å². The van der Waals surface area contributed by atoms with E-state index in [1.54, 1.807) is 6.92 Å². The second-order valence-electron chi connectivity index (χ2n) is 9.24. The van der Waals surface area contributed by atoms with Crippen molar-refractivity contribution in [2.75, 3.05) is 0 Å². The topological polar surface area (TPSA) is 69.9 Å². The van der Waals surface area contributed by atoms with Crippen LogP contribution in [0.2, 0.25) is 0 Å². The van der Waals surface area contributed by atoms with E-state index in [-0.39, 0.29) is 28.6 Å². The van der Waals surface area contributed by atoms with Crippen molar-refractivity contribution in [3.63, 3.8) is 0 Å². The van der Waals surface area contributed by atoms with Crippen LogP contribution in [0.3, 0.4) is 0 Å². The van der Waals surface area contributed by atoms with Crippen molar-refractivity contribution < 1.29 is 20.1 Å². The van der Waals surface area contributed by atoms with Crippen LogP contribution >= 0.6 is 31.9 Å². The Bertz CT molecular complexity index is 1060. The molecule has 0 saturated heterocycles. The summed E-state index contributed by atoms with van der Waals surface area (Å²) in [5.74, 6) is 1.38. The van der Waals surface area contributed by atoms with E-state index in [0.29, 0.717) is 14.5 Å². The third-order valence-electron chi connectivity index (χ3n) is 7.94. The summed E-state index contributed by atoms with van der Waals surface area (Å²) in [5.41, 5.74) is 2.43. The van der Waals surface area contributed by atoms with Crippen LogP contribution in [0.15, 0.2) is 21.1 Å². The lowest BCUT2D eigenvalue weighted by molar-refractivity contribution is -0.0373. The maximum atomic E-state index is 11.1. The van der Waals surface area contributed by atoms with Gasteiger partial charge in [0.05, 0.1) is 8.95 Å². The zero-order valence-electron chi connectivity index (χ0n) is 17.2. The van der Waals surface area contributed by atoms with Gasteiger partial charge in [0.15, 0.2) is 0 Å². The quantitative estimate of drug-likeness (QED) is 0.372. The highest BCUT2D eigenvalue weighted by Gasteiger charge is 2.62. The highest BCUT2D eigenvalue weighted by Crippen LogP contribution is 2.67. The molecule has 0 radical (unpaired) electrons. The van der Waals surface area contributed by atoms with Crippen molar-refractivity contribution in [1.29, 1.82) is 0 Å². The van der Waals surface area contributed by atoms with Crippen LogP contribution in [0.5, 0.6) is 23.0 Å². The lowest BCUT2D eigenvalue weighted by Crippen LogP contribution is -2.51. The molecule has 2 atom stereocenters. The minimum Gasteiger partial charge on any atom is -0.507 e. The summed E-state index contributed by atoms with van der Waals surface area (Å²) in [6, 6.07) is 3.89. The second kappa shape index (κ2) is 6.80. The predicted molar refractivity (Wildman–Crippen MR) is 123 cm³/mol. The van der Waals surface area contributed by atoms with Gasteiger partial charge in [0.2, 0.25) is 0 Å². The molecule has 5 rings (SSSR count). The lowest BCUT2D eigenvalue weighted by Gasteiger charge is -2.52. The molecule has 4 nitrogen and oxygen atoms in total. The van der Waals surface area contributed by atoms with Gasteiger partial charge in [0, 0.05) is 33.6 Å². The van der Waals surface area contributed by atoms with E-state index in [9.17, 15) is 15.3 Å². The second-order valence-corrected chi connectivity index (χ2v) is 10.9. The molecule has 30 heavy (non-hydrogen) atoms. The van der Waals surface area contributed by atoms with Crippen molar-refractivity contribution in [3.05, 3.63) is 43.3 Å². The van der Waals surface area contributed by atoms with Crippen LogP contribution < -0.4 is 4.74 Å². The van der Waals surface area contributed by atoms with Gasteiger partial charge >= 0.3 is 0 Å².